The van der Waals surface area contributed by atoms with E-state index in [2.05, 4.69) is 0 Å². The van der Waals surface area contributed by atoms with Gasteiger partial charge in [0.2, 0.25) is 5.91 Å². The molecule has 5 rings (SSSR count). The summed E-state index contributed by atoms with van der Waals surface area (Å²) in [6.45, 7) is 2.09. The van der Waals surface area contributed by atoms with Gasteiger partial charge in [0.25, 0.3) is 5.56 Å². The average molecular weight is 462 g/mol. The topological polar surface area (TPSA) is 55.2 Å². The number of thiophene rings is 1. The molecule has 0 unspecified atom stereocenters. The van der Waals surface area contributed by atoms with Crippen LogP contribution in [-0.4, -0.2) is 39.2 Å². The van der Waals surface area contributed by atoms with Crippen LogP contribution in [-0.2, 0) is 11.3 Å². The first-order valence-corrected chi connectivity index (χ1v) is 12.5. The van der Waals surface area contributed by atoms with E-state index in [1.807, 2.05) is 71.6 Å². The predicted octanol–water partition coefficient (Wildman–Crippen LogP) is 4.89. The van der Waals surface area contributed by atoms with Crippen molar-refractivity contribution in [2.24, 2.45) is 0 Å². The summed E-state index contributed by atoms with van der Waals surface area (Å²) in [4.78, 5) is 33.9. The third kappa shape index (κ3) is 4.36. The van der Waals surface area contributed by atoms with Gasteiger partial charge >= 0.3 is 0 Å². The molecule has 2 aromatic carbocycles. The number of amides is 1. The van der Waals surface area contributed by atoms with Crippen LogP contribution in [0.4, 0.5) is 0 Å². The number of benzene rings is 2. The Morgan fingerprint density at radius 3 is 2.41 bits per heavy atom. The Morgan fingerprint density at radius 1 is 1.00 bits per heavy atom. The van der Waals surface area contributed by atoms with Crippen molar-refractivity contribution in [2.75, 3.05) is 18.8 Å². The first-order chi connectivity index (χ1) is 15.7. The molecule has 2 aromatic heterocycles. The van der Waals surface area contributed by atoms with Crippen LogP contribution in [0.1, 0.15) is 18.4 Å². The zero-order chi connectivity index (χ0) is 21.9. The molecular weight excluding hydrogens is 438 g/mol. The van der Waals surface area contributed by atoms with Crippen molar-refractivity contribution in [1.82, 2.24) is 14.5 Å². The van der Waals surface area contributed by atoms with Gasteiger partial charge in [-0.05, 0) is 30.0 Å². The Morgan fingerprint density at radius 2 is 1.69 bits per heavy atom. The van der Waals surface area contributed by atoms with Crippen LogP contribution in [0.25, 0.3) is 20.7 Å². The van der Waals surface area contributed by atoms with Gasteiger partial charge in [-0.3, -0.25) is 14.2 Å². The molecular formula is C25H23N3O2S2. The highest BCUT2D eigenvalue weighted by Crippen LogP contribution is 2.32. The first-order valence-electron chi connectivity index (χ1n) is 10.7. The van der Waals surface area contributed by atoms with Gasteiger partial charge in [0.15, 0.2) is 5.16 Å². The maximum absolute atomic E-state index is 13.5. The second kappa shape index (κ2) is 9.30. The number of fused-ring (bicyclic) bond motifs is 1. The largest absolute Gasteiger partial charge is 0.342 e. The molecule has 0 N–H and O–H groups in total. The molecule has 0 aliphatic carbocycles. The Hall–Kier alpha value is -2.90. The highest BCUT2D eigenvalue weighted by atomic mass is 32.2. The standard InChI is InChI=1S/C25H23N3O2S2/c29-22(27-13-7-8-14-27)17-31-25-26-20-15-21(19-11-5-2-6-12-19)32-23(20)24(30)28(25)16-18-9-3-1-4-10-18/h1-6,9-12,15H,7-8,13-14,16-17H2. The number of carbonyl (C=O) groups is 1. The van der Waals surface area contributed by atoms with Gasteiger partial charge in [-0.2, -0.15) is 0 Å². The molecule has 1 aliphatic heterocycles. The highest BCUT2D eigenvalue weighted by Gasteiger charge is 2.20. The molecule has 1 amide bonds. The van der Waals surface area contributed by atoms with Gasteiger partial charge < -0.3 is 4.90 Å². The number of aromatic nitrogens is 2. The summed E-state index contributed by atoms with van der Waals surface area (Å²) in [7, 11) is 0. The minimum absolute atomic E-state index is 0.0536. The van der Waals surface area contributed by atoms with Crippen LogP contribution in [0.3, 0.4) is 0 Å². The third-order valence-electron chi connectivity index (χ3n) is 5.62. The molecule has 0 radical (unpaired) electrons. The summed E-state index contributed by atoms with van der Waals surface area (Å²) in [5, 5.41) is 0.594. The van der Waals surface area contributed by atoms with Crippen molar-refractivity contribution in [2.45, 2.75) is 24.5 Å². The van der Waals surface area contributed by atoms with E-state index in [9.17, 15) is 9.59 Å². The number of thioether (sulfide) groups is 1. The van der Waals surface area contributed by atoms with Crippen LogP contribution in [0.5, 0.6) is 0 Å². The van der Waals surface area contributed by atoms with E-state index in [0.717, 1.165) is 41.9 Å². The lowest BCUT2D eigenvalue weighted by Gasteiger charge is -2.16. The molecule has 0 bridgehead atoms. The number of nitrogens with zero attached hydrogens (tertiary/aromatic N) is 3. The molecule has 7 heteroatoms. The van der Waals surface area contributed by atoms with E-state index in [4.69, 9.17) is 4.98 Å². The molecule has 0 saturated carbocycles. The second-order valence-electron chi connectivity index (χ2n) is 7.84. The molecule has 162 valence electrons. The lowest BCUT2D eigenvalue weighted by Crippen LogP contribution is -2.30. The van der Waals surface area contributed by atoms with Gasteiger partial charge in [0.05, 0.1) is 17.8 Å². The van der Waals surface area contributed by atoms with E-state index in [0.29, 0.717) is 27.7 Å². The normalized spacial score (nSPS) is 13.7. The van der Waals surface area contributed by atoms with Gasteiger partial charge in [-0.1, -0.05) is 72.4 Å². The molecule has 1 fully saturated rings. The van der Waals surface area contributed by atoms with E-state index in [-0.39, 0.29) is 11.5 Å². The highest BCUT2D eigenvalue weighted by molar-refractivity contribution is 7.99. The zero-order valence-corrected chi connectivity index (χ0v) is 19.2. The van der Waals surface area contributed by atoms with Gasteiger partial charge in [-0.15, -0.1) is 11.3 Å². The van der Waals surface area contributed by atoms with Crippen LogP contribution in [0, 0.1) is 0 Å². The molecule has 32 heavy (non-hydrogen) atoms. The van der Waals surface area contributed by atoms with Gasteiger partial charge in [0, 0.05) is 18.0 Å². The minimum atomic E-state index is -0.0536. The molecule has 0 spiro atoms. The molecule has 3 heterocycles. The number of hydrogen-bond acceptors (Lipinski definition) is 5. The van der Waals surface area contributed by atoms with Gasteiger partial charge in [0.1, 0.15) is 4.70 Å². The average Bonchev–Trinajstić information content (AvgIpc) is 3.51. The number of hydrogen-bond donors (Lipinski definition) is 0. The second-order valence-corrected chi connectivity index (χ2v) is 9.83. The van der Waals surface area contributed by atoms with E-state index in [1.165, 1.54) is 23.1 Å². The maximum Gasteiger partial charge on any atom is 0.272 e. The smallest absolute Gasteiger partial charge is 0.272 e. The van der Waals surface area contributed by atoms with Crippen molar-refractivity contribution in [3.05, 3.63) is 82.6 Å². The van der Waals surface area contributed by atoms with Crippen molar-refractivity contribution in [3.63, 3.8) is 0 Å². The van der Waals surface area contributed by atoms with E-state index < -0.39 is 0 Å². The fourth-order valence-corrected chi connectivity index (χ4v) is 5.89. The minimum Gasteiger partial charge on any atom is -0.342 e. The van der Waals surface area contributed by atoms with Crippen molar-refractivity contribution < 1.29 is 4.79 Å². The SMILES string of the molecule is O=C(CSc1nc2cc(-c3ccccc3)sc2c(=O)n1Cc1ccccc1)N1CCCC1. The summed E-state index contributed by atoms with van der Waals surface area (Å²) in [5.41, 5.74) is 2.74. The number of carbonyl (C=O) groups excluding carboxylic acids is 1. The Labute approximate surface area is 194 Å². The van der Waals surface area contributed by atoms with E-state index in [1.54, 1.807) is 4.57 Å². The fourth-order valence-electron chi connectivity index (χ4n) is 3.93. The summed E-state index contributed by atoms with van der Waals surface area (Å²) < 4.78 is 2.36. The zero-order valence-electron chi connectivity index (χ0n) is 17.6. The fraction of sp³-hybridized carbons (Fsp3) is 0.240. The van der Waals surface area contributed by atoms with Crippen LogP contribution in [0.15, 0.2) is 76.7 Å². The summed E-state index contributed by atoms with van der Waals surface area (Å²) in [6.07, 6.45) is 2.13. The first kappa shape index (κ1) is 21.0. The van der Waals surface area contributed by atoms with E-state index >= 15 is 0 Å². The molecule has 1 saturated heterocycles. The summed E-state index contributed by atoms with van der Waals surface area (Å²) in [6, 6.07) is 21.9. The number of rotatable bonds is 6. The quantitative estimate of drug-likeness (QED) is 0.303. The lowest BCUT2D eigenvalue weighted by molar-refractivity contribution is -0.127. The molecule has 5 nitrogen and oxygen atoms in total. The molecule has 4 aromatic rings. The van der Waals surface area contributed by atoms with Gasteiger partial charge in [-0.25, -0.2) is 4.98 Å². The molecule has 1 aliphatic rings. The third-order valence-corrected chi connectivity index (χ3v) is 7.75. The lowest BCUT2D eigenvalue weighted by atomic mass is 10.2. The summed E-state index contributed by atoms with van der Waals surface area (Å²) in [5.74, 6) is 0.408. The Kier molecular flexibility index (Phi) is 6.10. The Balaban J connectivity index is 1.53. The monoisotopic (exact) mass is 461 g/mol. The van der Waals surface area contributed by atoms with Crippen molar-refractivity contribution >= 4 is 39.2 Å². The van der Waals surface area contributed by atoms with Crippen molar-refractivity contribution in [1.29, 1.82) is 0 Å². The summed E-state index contributed by atoms with van der Waals surface area (Å²) >= 11 is 2.84. The number of likely N-dealkylation sites (tertiary alicyclic amines) is 1. The van der Waals surface area contributed by atoms with Crippen LogP contribution >= 0.6 is 23.1 Å². The van der Waals surface area contributed by atoms with Crippen LogP contribution < -0.4 is 5.56 Å². The Bertz CT molecular complexity index is 1290. The maximum atomic E-state index is 13.5. The van der Waals surface area contributed by atoms with Crippen LogP contribution in [0.2, 0.25) is 0 Å². The predicted molar refractivity (Wildman–Crippen MR) is 131 cm³/mol. The molecule has 0 atom stereocenters. The van der Waals surface area contributed by atoms with Crippen molar-refractivity contribution in [3.8, 4) is 10.4 Å².